The average Bonchev–Trinajstić information content (AvgIpc) is 2.78. The van der Waals surface area contributed by atoms with Crippen molar-refractivity contribution in [2.75, 3.05) is 32.7 Å². The lowest BCUT2D eigenvalue weighted by molar-refractivity contribution is -0.940. The molecule has 0 saturated carbocycles. The molecule has 1 aliphatic rings. The van der Waals surface area contributed by atoms with Crippen LogP contribution in [0.5, 0.6) is 0 Å². The summed E-state index contributed by atoms with van der Waals surface area (Å²) in [5.74, 6) is 0.530. The number of rotatable bonds is 9. The van der Waals surface area contributed by atoms with Crippen molar-refractivity contribution in [3.05, 3.63) is 70.8 Å². The van der Waals surface area contributed by atoms with E-state index in [1.807, 2.05) is 24.8 Å². The first-order chi connectivity index (χ1) is 15.4. The largest absolute Gasteiger partial charge is 0.343 e. The Morgan fingerprint density at radius 2 is 1.62 bits per heavy atom. The Morgan fingerprint density at radius 3 is 2.25 bits per heavy atom. The van der Waals surface area contributed by atoms with Crippen molar-refractivity contribution in [1.82, 2.24) is 4.90 Å². The molecule has 3 rings (SSSR count). The number of piperidine rings is 1. The van der Waals surface area contributed by atoms with E-state index in [9.17, 15) is 9.59 Å². The van der Waals surface area contributed by atoms with Crippen LogP contribution < -0.4 is 0 Å². The minimum atomic E-state index is 0.000333. The van der Waals surface area contributed by atoms with E-state index in [0.29, 0.717) is 17.4 Å². The van der Waals surface area contributed by atoms with Gasteiger partial charge >= 0.3 is 0 Å². The number of carbonyl (C=O) groups excluding carboxylic acids is 2. The highest BCUT2D eigenvalue weighted by atomic mass is 16.2. The Morgan fingerprint density at radius 1 is 0.969 bits per heavy atom. The second kappa shape index (κ2) is 10.9. The van der Waals surface area contributed by atoms with Gasteiger partial charge in [0.1, 0.15) is 13.1 Å². The van der Waals surface area contributed by atoms with E-state index in [2.05, 4.69) is 56.3 Å². The summed E-state index contributed by atoms with van der Waals surface area (Å²) in [6.45, 7) is 12.8. The summed E-state index contributed by atoms with van der Waals surface area (Å²) >= 11 is 0. The van der Waals surface area contributed by atoms with E-state index in [-0.39, 0.29) is 17.6 Å². The Bertz CT molecular complexity index is 900. The Balaban J connectivity index is 1.84. The number of hydrogen-bond acceptors (Lipinski definition) is 2. The fourth-order valence-electron chi connectivity index (χ4n) is 5.39. The molecule has 32 heavy (non-hydrogen) atoms. The van der Waals surface area contributed by atoms with Gasteiger partial charge in [0, 0.05) is 25.1 Å². The summed E-state index contributed by atoms with van der Waals surface area (Å²) in [6, 6.07) is 16.7. The summed E-state index contributed by atoms with van der Waals surface area (Å²) in [5.41, 5.74) is 4.76. The second-order valence-corrected chi connectivity index (χ2v) is 9.49. The van der Waals surface area contributed by atoms with Crippen LogP contribution in [-0.4, -0.2) is 53.8 Å². The molecule has 172 valence electrons. The number of likely N-dealkylation sites (tertiary alicyclic amines) is 1. The van der Waals surface area contributed by atoms with Crippen LogP contribution in [0.3, 0.4) is 0 Å². The van der Waals surface area contributed by atoms with E-state index in [4.69, 9.17) is 0 Å². The van der Waals surface area contributed by atoms with Crippen LogP contribution in [0.15, 0.2) is 48.5 Å². The molecule has 1 saturated heterocycles. The number of aryl methyl sites for hydroxylation is 2. The van der Waals surface area contributed by atoms with Crippen molar-refractivity contribution < 1.29 is 14.1 Å². The van der Waals surface area contributed by atoms with E-state index in [0.717, 1.165) is 51.1 Å². The van der Waals surface area contributed by atoms with Crippen molar-refractivity contribution >= 4 is 11.7 Å². The summed E-state index contributed by atoms with van der Waals surface area (Å²) < 4.78 is 0.686. The molecule has 4 heteroatoms. The topological polar surface area (TPSA) is 37.4 Å². The molecule has 2 unspecified atom stereocenters. The molecule has 0 aliphatic carbocycles. The van der Waals surface area contributed by atoms with Gasteiger partial charge in [-0.1, -0.05) is 48.5 Å². The van der Waals surface area contributed by atoms with E-state index < -0.39 is 0 Å². The van der Waals surface area contributed by atoms with Gasteiger partial charge in [-0.2, -0.15) is 0 Å². The van der Waals surface area contributed by atoms with Crippen LogP contribution in [0, 0.1) is 19.8 Å². The number of hydrogen-bond donors (Lipinski definition) is 0. The fourth-order valence-corrected chi connectivity index (χ4v) is 5.39. The second-order valence-electron chi connectivity index (χ2n) is 9.49. The quantitative estimate of drug-likeness (QED) is 0.535. The predicted octanol–water partition coefficient (Wildman–Crippen LogP) is 4.71. The van der Waals surface area contributed by atoms with Gasteiger partial charge in [0.15, 0.2) is 5.78 Å². The number of amides is 1. The van der Waals surface area contributed by atoms with Crippen LogP contribution >= 0.6 is 0 Å². The number of ketones is 1. The highest BCUT2D eigenvalue weighted by Crippen LogP contribution is 2.28. The average molecular weight is 436 g/mol. The molecule has 2 aromatic carbocycles. The normalized spacial score (nSPS) is 20.7. The van der Waals surface area contributed by atoms with Gasteiger partial charge in [-0.05, 0) is 57.2 Å². The van der Waals surface area contributed by atoms with E-state index in [1.54, 1.807) is 0 Å². The summed E-state index contributed by atoms with van der Waals surface area (Å²) in [7, 11) is 0. The van der Waals surface area contributed by atoms with E-state index >= 15 is 0 Å². The molecule has 0 N–H and O–H groups in total. The fraction of sp³-hybridized carbons (Fsp3) is 0.500. The van der Waals surface area contributed by atoms with Crippen LogP contribution in [0.4, 0.5) is 0 Å². The van der Waals surface area contributed by atoms with Crippen LogP contribution in [0.25, 0.3) is 0 Å². The first-order valence-electron chi connectivity index (χ1n) is 12.1. The van der Waals surface area contributed by atoms with Crippen LogP contribution in [0.2, 0.25) is 0 Å². The van der Waals surface area contributed by atoms with E-state index in [1.165, 1.54) is 16.7 Å². The zero-order valence-electron chi connectivity index (χ0n) is 20.3. The minimum Gasteiger partial charge on any atom is -0.343 e. The predicted molar refractivity (Wildman–Crippen MR) is 130 cm³/mol. The molecule has 0 aromatic heterocycles. The molecule has 4 nitrogen and oxygen atoms in total. The molecule has 2 aromatic rings. The molecule has 0 bridgehead atoms. The molecule has 2 atom stereocenters. The first-order valence-corrected chi connectivity index (χ1v) is 12.1. The van der Waals surface area contributed by atoms with Crippen molar-refractivity contribution in [2.24, 2.45) is 5.92 Å². The number of quaternary nitrogens is 1. The third-order valence-corrected chi connectivity index (χ3v) is 7.11. The molecule has 1 amide bonds. The first kappa shape index (κ1) is 24.2. The van der Waals surface area contributed by atoms with Crippen LogP contribution in [0.1, 0.15) is 48.9 Å². The van der Waals surface area contributed by atoms with Gasteiger partial charge in [-0.25, -0.2) is 0 Å². The number of benzene rings is 2. The molecule has 0 spiro atoms. The lowest BCUT2D eigenvalue weighted by Gasteiger charge is -2.44. The minimum absolute atomic E-state index is 0.000333. The smallest absolute Gasteiger partial charge is 0.231 e. The number of Topliss-reactive ketones (excluding diaryl/α,β-unsaturated/α-hetero) is 1. The zero-order valence-corrected chi connectivity index (χ0v) is 20.3. The van der Waals surface area contributed by atoms with Crippen molar-refractivity contribution in [3.63, 3.8) is 0 Å². The Labute approximate surface area is 193 Å². The molecular formula is C28H39N2O2+. The van der Waals surface area contributed by atoms with Gasteiger partial charge < -0.3 is 9.38 Å². The molecule has 1 fully saturated rings. The summed E-state index contributed by atoms with van der Waals surface area (Å²) in [6.07, 6.45) is 2.39. The lowest BCUT2D eigenvalue weighted by atomic mass is 9.91. The maximum absolute atomic E-state index is 13.4. The van der Waals surface area contributed by atoms with Gasteiger partial charge in [-0.15, -0.1) is 0 Å². The SMILES string of the molecule is CCN(CC)C(=O)C1CCC[N+](CC(=O)Cc2c(C)cccc2C)(Cc2ccccc2)C1. The number of carbonyl (C=O) groups is 2. The monoisotopic (exact) mass is 435 g/mol. The maximum atomic E-state index is 13.4. The number of nitrogens with zero attached hydrogens (tertiary/aromatic N) is 2. The van der Waals surface area contributed by atoms with Gasteiger partial charge in [-0.3, -0.25) is 9.59 Å². The maximum Gasteiger partial charge on any atom is 0.231 e. The molecule has 1 aliphatic heterocycles. The van der Waals surface area contributed by atoms with Crippen molar-refractivity contribution in [2.45, 2.75) is 53.5 Å². The summed E-state index contributed by atoms with van der Waals surface area (Å²) in [5, 5.41) is 0. The molecule has 1 heterocycles. The van der Waals surface area contributed by atoms with Crippen LogP contribution in [-0.2, 0) is 22.6 Å². The Kier molecular flexibility index (Phi) is 8.25. The third kappa shape index (κ3) is 5.86. The standard InChI is InChI=1S/C28H39N2O2/c1-5-29(6-2)28(32)25-16-11-17-30(20-25,19-24-14-8-7-9-15-24)21-26(31)18-27-22(3)12-10-13-23(27)4/h7-10,12-15,25H,5-6,11,16-21H2,1-4H3/q+1. The van der Waals surface area contributed by atoms with Crippen molar-refractivity contribution in [3.8, 4) is 0 Å². The zero-order chi connectivity index (χ0) is 23.1. The van der Waals surface area contributed by atoms with Gasteiger partial charge in [0.25, 0.3) is 0 Å². The highest BCUT2D eigenvalue weighted by Gasteiger charge is 2.40. The van der Waals surface area contributed by atoms with Crippen molar-refractivity contribution in [1.29, 1.82) is 0 Å². The summed E-state index contributed by atoms with van der Waals surface area (Å²) in [4.78, 5) is 28.5. The highest BCUT2D eigenvalue weighted by molar-refractivity contribution is 5.83. The van der Waals surface area contributed by atoms with Gasteiger partial charge in [0.2, 0.25) is 5.91 Å². The van der Waals surface area contributed by atoms with Gasteiger partial charge in [0.05, 0.1) is 19.0 Å². The Hall–Kier alpha value is -2.46. The lowest BCUT2D eigenvalue weighted by Crippen LogP contribution is -2.58. The molecular weight excluding hydrogens is 396 g/mol. The molecule has 0 radical (unpaired) electrons. The third-order valence-electron chi connectivity index (χ3n) is 7.11.